The standard InChI is InChI=1S/C26H18N4O/c1-3-18-7-9-23-21(14-18)26(29-16-28-23)30-20-8-10-24(17(2)13-20)31-25-6-4-5-19-11-12-27-15-22(19)25/h1,4-16H,2H3,(H,28,29,30). The number of rotatable bonds is 4. The summed E-state index contributed by atoms with van der Waals surface area (Å²) in [6.45, 7) is 2.01. The van der Waals surface area contributed by atoms with E-state index < -0.39 is 0 Å². The molecule has 5 heteroatoms. The van der Waals surface area contributed by atoms with Gasteiger partial charge >= 0.3 is 0 Å². The largest absolute Gasteiger partial charge is 0.456 e. The third-order valence-electron chi connectivity index (χ3n) is 5.10. The Balaban J connectivity index is 1.45. The lowest BCUT2D eigenvalue weighted by molar-refractivity contribution is 0.484. The average molecular weight is 402 g/mol. The Bertz CT molecular complexity index is 1460. The van der Waals surface area contributed by atoms with E-state index in [1.165, 1.54) is 0 Å². The van der Waals surface area contributed by atoms with Crippen LogP contribution in [-0.2, 0) is 0 Å². The van der Waals surface area contributed by atoms with Gasteiger partial charge in [0.15, 0.2) is 0 Å². The lowest BCUT2D eigenvalue weighted by Crippen LogP contribution is -1.97. The van der Waals surface area contributed by atoms with E-state index in [0.29, 0.717) is 5.82 Å². The molecule has 0 bridgehead atoms. The Morgan fingerprint density at radius 2 is 1.87 bits per heavy atom. The molecule has 2 aromatic heterocycles. The monoisotopic (exact) mass is 402 g/mol. The molecule has 2 heterocycles. The molecular formula is C26H18N4O. The van der Waals surface area contributed by atoms with Gasteiger partial charge < -0.3 is 10.1 Å². The van der Waals surface area contributed by atoms with Crippen LogP contribution >= 0.6 is 0 Å². The summed E-state index contributed by atoms with van der Waals surface area (Å²) in [6.07, 6.45) is 10.7. The third kappa shape index (κ3) is 3.63. The van der Waals surface area contributed by atoms with E-state index in [2.05, 4.69) is 26.2 Å². The number of aromatic nitrogens is 3. The Labute approximate surface area is 179 Å². The SMILES string of the molecule is C#Cc1ccc2ncnc(Nc3ccc(Oc4cccc5ccncc45)c(C)c3)c2c1. The topological polar surface area (TPSA) is 59.9 Å². The van der Waals surface area contributed by atoms with Gasteiger partial charge in [0.05, 0.1) is 5.52 Å². The molecule has 1 N–H and O–H groups in total. The molecule has 0 aliphatic rings. The minimum Gasteiger partial charge on any atom is -0.456 e. The Kier molecular flexibility index (Phi) is 4.66. The number of hydrogen-bond acceptors (Lipinski definition) is 5. The fourth-order valence-electron chi connectivity index (χ4n) is 3.52. The van der Waals surface area contributed by atoms with E-state index in [1.807, 2.05) is 73.8 Å². The van der Waals surface area contributed by atoms with Crippen LogP contribution in [0.15, 0.2) is 79.4 Å². The zero-order valence-electron chi connectivity index (χ0n) is 16.8. The quantitative estimate of drug-likeness (QED) is 0.373. The first-order valence-electron chi connectivity index (χ1n) is 9.81. The number of nitrogens with one attached hydrogen (secondary N) is 1. The molecule has 0 saturated carbocycles. The number of aryl methyl sites for hydroxylation is 1. The maximum atomic E-state index is 6.21. The van der Waals surface area contributed by atoms with Gasteiger partial charge in [0, 0.05) is 34.4 Å². The molecule has 0 spiro atoms. The summed E-state index contributed by atoms with van der Waals surface area (Å²) < 4.78 is 6.21. The highest BCUT2D eigenvalue weighted by atomic mass is 16.5. The Morgan fingerprint density at radius 1 is 0.935 bits per heavy atom. The van der Waals surface area contributed by atoms with Crippen molar-refractivity contribution in [1.29, 1.82) is 0 Å². The van der Waals surface area contributed by atoms with Crippen LogP contribution in [0, 0.1) is 19.3 Å². The number of fused-ring (bicyclic) bond motifs is 2. The first-order chi connectivity index (χ1) is 15.2. The van der Waals surface area contributed by atoms with Gasteiger partial charge in [0.25, 0.3) is 0 Å². The molecule has 0 aliphatic carbocycles. The molecule has 5 rings (SSSR count). The zero-order valence-corrected chi connectivity index (χ0v) is 16.8. The third-order valence-corrected chi connectivity index (χ3v) is 5.10. The molecule has 0 radical (unpaired) electrons. The van der Waals surface area contributed by atoms with Crippen molar-refractivity contribution in [2.45, 2.75) is 6.92 Å². The predicted molar refractivity (Wildman–Crippen MR) is 124 cm³/mol. The minimum atomic E-state index is 0.704. The summed E-state index contributed by atoms with van der Waals surface area (Å²) in [5.41, 5.74) is 3.51. The molecule has 148 valence electrons. The highest BCUT2D eigenvalue weighted by Gasteiger charge is 2.09. The van der Waals surface area contributed by atoms with Crippen LogP contribution in [0.1, 0.15) is 11.1 Å². The van der Waals surface area contributed by atoms with Crippen molar-refractivity contribution in [3.63, 3.8) is 0 Å². The Hall–Kier alpha value is -4.43. The first-order valence-corrected chi connectivity index (χ1v) is 9.81. The lowest BCUT2D eigenvalue weighted by Gasteiger charge is -2.13. The van der Waals surface area contributed by atoms with Crippen molar-refractivity contribution in [3.8, 4) is 23.8 Å². The number of ether oxygens (including phenoxy) is 1. The Morgan fingerprint density at radius 3 is 2.74 bits per heavy atom. The number of hydrogen-bond donors (Lipinski definition) is 1. The van der Waals surface area contributed by atoms with E-state index in [0.717, 1.165) is 50.0 Å². The van der Waals surface area contributed by atoms with Crippen molar-refractivity contribution < 1.29 is 4.74 Å². The summed E-state index contributed by atoms with van der Waals surface area (Å²) >= 11 is 0. The van der Waals surface area contributed by atoms with Crippen LogP contribution in [0.2, 0.25) is 0 Å². The maximum Gasteiger partial charge on any atom is 0.141 e. The van der Waals surface area contributed by atoms with Crippen molar-refractivity contribution in [3.05, 3.63) is 90.5 Å². The summed E-state index contributed by atoms with van der Waals surface area (Å²) in [4.78, 5) is 12.9. The van der Waals surface area contributed by atoms with Crippen molar-refractivity contribution in [2.24, 2.45) is 0 Å². The van der Waals surface area contributed by atoms with Gasteiger partial charge in [-0.1, -0.05) is 18.1 Å². The van der Waals surface area contributed by atoms with Crippen molar-refractivity contribution in [2.75, 3.05) is 5.32 Å². The highest BCUT2D eigenvalue weighted by Crippen LogP contribution is 2.33. The number of anilines is 2. The maximum absolute atomic E-state index is 6.21. The number of pyridine rings is 1. The van der Waals surface area contributed by atoms with Gasteiger partial charge in [0.2, 0.25) is 0 Å². The average Bonchev–Trinajstić information content (AvgIpc) is 2.81. The van der Waals surface area contributed by atoms with Gasteiger partial charge in [-0.15, -0.1) is 6.42 Å². The molecule has 0 aliphatic heterocycles. The van der Waals surface area contributed by atoms with Crippen LogP contribution in [0.25, 0.3) is 21.7 Å². The van der Waals surface area contributed by atoms with Crippen LogP contribution in [0.4, 0.5) is 11.5 Å². The number of nitrogens with zero attached hydrogens (tertiary/aromatic N) is 3. The summed E-state index contributed by atoms with van der Waals surface area (Å²) in [7, 11) is 0. The summed E-state index contributed by atoms with van der Waals surface area (Å²) in [5.74, 6) is 4.92. The van der Waals surface area contributed by atoms with E-state index in [1.54, 1.807) is 12.5 Å². The molecule has 0 fully saturated rings. The van der Waals surface area contributed by atoms with Gasteiger partial charge in [-0.3, -0.25) is 4.98 Å². The first kappa shape index (κ1) is 18.6. The van der Waals surface area contributed by atoms with Gasteiger partial charge in [-0.05, 0) is 66.4 Å². The second-order valence-corrected chi connectivity index (χ2v) is 7.16. The van der Waals surface area contributed by atoms with Crippen molar-refractivity contribution >= 4 is 33.2 Å². The molecule has 5 aromatic rings. The molecule has 31 heavy (non-hydrogen) atoms. The van der Waals surface area contributed by atoms with Crippen molar-refractivity contribution in [1.82, 2.24) is 15.0 Å². The molecule has 0 saturated heterocycles. The van der Waals surface area contributed by atoms with Crippen LogP contribution < -0.4 is 10.1 Å². The second-order valence-electron chi connectivity index (χ2n) is 7.16. The summed E-state index contributed by atoms with van der Waals surface area (Å²) in [5, 5.41) is 6.31. The van der Waals surface area contributed by atoms with Gasteiger partial charge in [-0.25, -0.2) is 9.97 Å². The fourth-order valence-corrected chi connectivity index (χ4v) is 3.52. The predicted octanol–water partition coefficient (Wildman–Crippen LogP) is 6.00. The van der Waals surface area contributed by atoms with Gasteiger partial charge in [0.1, 0.15) is 23.6 Å². The molecule has 3 aromatic carbocycles. The fraction of sp³-hybridized carbons (Fsp3) is 0.0385. The van der Waals surface area contributed by atoms with Gasteiger partial charge in [-0.2, -0.15) is 0 Å². The van der Waals surface area contributed by atoms with E-state index >= 15 is 0 Å². The van der Waals surface area contributed by atoms with Crippen LogP contribution in [0.5, 0.6) is 11.5 Å². The minimum absolute atomic E-state index is 0.704. The molecule has 5 nitrogen and oxygen atoms in total. The highest BCUT2D eigenvalue weighted by molar-refractivity contribution is 5.91. The number of terminal acetylenes is 1. The lowest BCUT2D eigenvalue weighted by atomic mass is 10.1. The normalized spacial score (nSPS) is 10.7. The van der Waals surface area contributed by atoms with E-state index in [4.69, 9.17) is 11.2 Å². The van der Waals surface area contributed by atoms with E-state index in [-0.39, 0.29) is 0 Å². The zero-order chi connectivity index (χ0) is 21.2. The number of benzene rings is 3. The van der Waals surface area contributed by atoms with Crippen LogP contribution in [0.3, 0.4) is 0 Å². The second kappa shape index (κ2) is 7.77. The smallest absolute Gasteiger partial charge is 0.141 e. The van der Waals surface area contributed by atoms with E-state index in [9.17, 15) is 0 Å². The van der Waals surface area contributed by atoms with Crippen LogP contribution in [-0.4, -0.2) is 15.0 Å². The molecular weight excluding hydrogens is 384 g/mol. The molecule has 0 atom stereocenters. The molecule has 0 amide bonds. The molecule has 0 unspecified atom stereocenters. The summed E-state index contributed by atoms with van der Waals surface area (Å²) in [6, 6.07) is 19.6.